The minimum Gasteiger partial charge on any atom is -0.360 e. The van der Waals surface area contributed by atoms with Gasteiger partial charge >= 0.3 is 0 Å². The zero-order valence-electron chi connectivity index (χ0n) is 9.49. The highest BCUT2D eigenvalue weighted by molar-refractivity contribution is 5.03. The molecule has 2 rings (SSSR count). The molecule has 0 aromatic carbocycles. The van der Waals surface area contributed by atoms with Crippen molar-refractivity contribution in [3.63, 3.8) is 0 Å². The number of nitrogens with zero attached hydrogens (tertiary/aromatic N) is 2. The van der Waals surface area contributed by atoms with E-state index >= 15 is 0 Å². The molecule has 15 heavy (non-hydrogen) atoms. The summed E-state index contributed by atoms with van der Waals surface area (Å²) in [7, 11) is 2.04. The summed E-state index contributed by atoms with van der Waals surface area (Å²) in [6.45, 7) is 5.15. The van der Waals surface area contributed by atoms with E-state index in [4.69, 9.17) is 4.52 Å². The van der Waals surface area contributed by atoms with Crippen molar-refractivity contribution in [1.29, 1.82) is 0 Å². The Morgan fingerprint density at radius 1 is 1.53 bits per heavy atom. The molecule has 84 valence electrons. The normalized spacial score (nSPS) is 19.6. The molecular weight excluding hydrogens is 190 g/mol. The Kier molecular flexibility index (Phi) is 3.38. The standard InChI is InChI=1S/C11H19N3O/c1-9-7-11(15-13-9)8-14-5-3-10(12-2)4-6-14/h7,10,12H,3-6,8H2,1-2H3. The van der Waals surface area contributed by atoms with Crippen molar-refractivity contribution in [1.82, 2.24) is 15.4 Å². The monoisotopic (exact) mass is 209 g/mol. The highest BCUT2D eigenvalue weighted by atomic mass is 16.5. The van der Waals surface area contributed by atoms with E-state index < -0.39 is 0 Å². The van der Waals surface area contributed by atoms with Gasteiger partial charge in [-0.1, -0.05) is 5.16 Å². The van der Waals surface area contributed by atoms with Gasteiger partial charge in [-0.2, -0.15) is 0 Å². The van der Waals surface area contributed by atoms with E-state index in [-0.39, 0.29) is 0 Å². The number of piperidine rings is 1. The van der Waals surface area contributed by atoms with Crippen LogP contribution in [-0.4, -0.2) is 36.2 Å². The van der Waals surface area contributed by atoms with Crippen molar-refractivity contribution >= 4 is 0 Å². The van der Waals surface area contributed by atoms with Crippen molar-refractivity contribution < 1.29 is 4.52 Å². The highest BCUT2D eigenvalue weighted by Gasteiger charge is 2.18. The number of aryl methyl sites for hydroxylation is 1. The van der Waals surface area contributed by atoms with Crippen LogP contribution in [0.5, 0.6) is 0 Å². The van der Waals surface area contributed by atoms with Gasteiger partial charge < -0.3 is 9.84 Å². The highest BCUT2D eigenvalue weighted by Crippen LogP contribution is 2.13. The van der Waals surface area contributed by atoms with Crippen LogP contribution in [-0.2, 0) is 6.54 Å². The third-order valence-corrected chi connectivity index (χ3v) is 3.05. The van der Waals surface area contributed by atoms with Gasteiger partial charge in [0, 0.05) is 25.2 Å². The third kappa shape index (κ3) is 2.79. The maximum absolute atomic E-state index is 5.21. The zero-order chi connectivity index (χ0) is 10.7. The molecule has 1 saturated heterocycles. The molecule has 4 nitrogen and oxygen atoms in total. The fraction of sp³-hybridized carbons (Fsp3) is 0.727. The number of likely N-dealkylation sites (tertiary alicyclic amines) is 1. The Hall–Kier alpha value is -0.870. The quantitative estimate of drug-likeness (QED) is 0.811. The van der Waals surface area contributed by atoms with Crippen LogP contribution in [0, 0.1) is 6.92 Å². The lowest BCUT2D eigenvalue weighted by Gasteiger charge is -2.30. The maximum atomic E-state index is 5.21. The molecule has 0 radical (unpaired) electrons. The van der Waals surface area contributed by atoms with E-state index in [9.17, 15) is 0 Å². The fourth-order valence-corrected chi connectivity index (χ4v) is 2.09. The number of aromatic nitrogens is 1. The summed E-state index contributed by atoms with van der Waals surface area (Å²) in [5.41, 5.74) is 0.968. The van der Waals surface area contributed by atoms with Crippen LogP contribution >= 0.6 is 0 Å². The zero-order valence-corrected chi connectivity index (χ0v) is 9.49. The largest absolute Gasteiger partial charge is 0.360 e. The molecule has 1 aliphatic rings. The van der Waals surface area contributed by atoms with E-state index in [0.29, 0.717) is 6.04 Å². The first-order chi connectivity index (χ1) is 7.28. The van der Waals surface area contributed by atoms with Crippen molar-refractivity contribution in [3.05, 3.63) is 17.5 Å². The van der Waals surface area contributed by atoms with Crippen LogP contribution < -0.4 is 5.32 Å². The Morgan fingerprint density at radius 3 is 2.80 bits per heavy atom. The van der Waals surface area contributed by atoms with Crippen LogP contribution in [0.25, 0.3) is 0 Å². The molecule has 1 aromatic rings. The van der Waals surface area contributed by atoms with E-state index in [1.54, 1.807) is 0 Å². The molecule has 1 fully saturated rings. The second-order valence-corrected chi connectivity index (χ2v) is 4.27. The predicted molar refractivity (Wildman–Crippen MR) is 58.6 cm³/mol. The van der Waals surface area contributed by atoms with Gasteiger partial charge in [0.1, 0.15) is 0 Å². The van der Waals surface area contributed by atoms with Crippen LogP contribution in [0.15, 0.2) is 10.6 Å². The van der Waals surface area contributed by atoms with Crippen molar-refractivity contribution in [2.75, 3.05) is 20.1 Å². The summed E-state index contributed by atoms with van der Waals surface area (Å²) in [4.78, 5) is 2.42. The minimum atomic E-state index is 0.692. The van der Waals surface area contributed by atoms with Crippen LogP contribution in [0.4, 0.5) is 0 Å². The van der Waals surface area contributed by atoms with E-state index in [0.717, 1.165) is 31.1 Å². The Balaban J connectivity index is 1.82. The lowest BCUT2D eigenvalue weighted by Crippen LogP contribution is -2.40. The molecule has 4 heteroatoms. The second kappa shape index (κ2) is 4.77. The second-order valence-electron chi connectivity index (χ2n) is 4.27. The lowest BCUT2D eigenvalue weighted by atomic mass is 10.1. The molecule has 0 spiro atoms. The number of hydrogen-bond donors (Lipinski definition) is 1. The Bertz CT molecular complexity index is 303. The van der Waals surface area contributed by atoms with Crippen LogP contribution in [0.3, 0.4) is 0 Å². The number of nitrogens with one attached hydrogen (secondary N) is 1. The molecule has 2 heterocycles. The summed E-state index contributed by atoms with van der Waals surface area (Å²) >= 11 is 0. The van der Waals surface area contributed by atoms with E-state index in [1.807, 2.05) is 20.0 Å². The summed E-state index contributed by atoms with van der Waals surface area (Å²) < 4.78 is 5.21. The number of hydrogen-bond acceptors (Lipinski definition) is 4. The van der Waals surface area contributed by atoms with Gasteiger partial charge in [-0.3, -0.25) is 4.90 Å². The predicted octanol–water partition coefficient (Wildman–Crippen LogP) is 1.17. The smallest absolute Gasteiger partial charge is 0.150 e. The molecule has 0 aliphatic carbocycles. The van der Waals surface area contributed by atoms with Gasteiger partial charge in [0.2, 0.25) is 0 Å². The Labute approximate surface area is 90.6 Å². The molecule has 1 aromatic heterocycles. The average molecular weight is 209 g/mol. The van der Waals surface area contributed by atoms with Gasteiger partial charge in [0.25, 0.3) is 0 Å². The molecule has 0 unspecified atom stereocenters. The summed E-state index contributed by atoms with van der Waals surface area (Å²) in [6, 6.07) is 2.71. The topological polar surface area (TPSA) is 41.3 Å². The summed E-state index contributed by atoms with van der Waals surface area (Å²) in [5, 5.41) is 7.23. The molecule has 0 bridgehead atoms. The van der Waals surface area contributed by atoms with Crippen molar-refractivity contribution in [2.45, 2.75) is 32.4 Å². The van der Waals surface area contributed by atoms with E-state index in [2.05, 4.69) is 15.4 Å². The average Bonchev–Trinajstić information content (AvgIpc) is 2.65. The van der Waals surface area contributed by atoms with Crippen LogP contribution in [0.2, 0.25) is 0 Å². The molecule has 0 amide bonds. The first-order valence-electron chi connectivity index (χ1n) is 5.60. The minimum absolute atomic E-state index is 0.692. The molecule has 0 saturated carbocycles. The van der Waals surface area contributed by atoms with Gasteiger partial charge in [-0.15, -0.1) is 0 Å². The Morgan fingerprint density at radius 2 is 2.27 bits per heavy atom. The lowest BCUT2D eigenvalue weighted by molar-refractivity contribution is 0.176. The molecular formula is C11H19N3O. The summed E-state index contributed by atoms with van der Waals surface area (Å²) in [5.74, 6) is 0.982. The number of rotatable bonds is 3. The maximum Gasteiger partial charge on any atom is 0.150 e. The molecule has 0 atom stereocenters. The van der Waals surface area contributed by atoms with Crippen molar-refractivity contribution in [2.24, 2.45) is 0 Å². The first-order valence-corrected chi connectivity index (χ1v) is 5.60. The molecule has 1 N–H and O–H groups in total. The van der Waals surface area contributed by atoms with Gasteiger partial charge in [-0.05, 0) is 26.8 Å². The molecule has 1 aliphatic heterocycles. The van der Waals surface area contributed by atoms with Gasteiger partial charge in [0.15, 0.2) is 5.76 Å². The fourth-order valence-electron chi connectivity index (χ4n) is 2.09. The third-order valence-electron chi connectivity index (χ3n) is 3.05. The van der Waals surface area contributed by atoms with Gasteiger partial charge in [0.05, 0.1) is 12.2 Å². The SMILES string of the molecule is CNC1CCN(Cc2cc(C)no2)CC1. The van der Waals surface area contributed by atoms with Crippen LogP contribution in [0.1, 0.15) is 24.3 Å². The van der Waals surface area contributed by atoms with Gasteiger partial charge in [-0.25, -0.2) is 0 Å². The summed E-state index contributed by atoms with van der Waals surface area (Å²) in [6.07, 6.45) is 2.45. The van der Waals surface area contributed by atoms with E-state index in [1.165, 1.54) is 12.8 Å². The van der Waals surface area contributed by atoms with Crippen molar-refractivity contribution in [3.8, 4) is 0 Å². The first kappa shape index (κ1) is 10.6.